The van der Waals surface area contributed by atoms with Gasteiger partial charge < -0.3 is 10.0 Å². The van der Waals surface area contributed by atoms with Crippen molar-refractivity contribution in [2.24, 2.45) is 5.92 Å². The molecule has 120 valence electrons. The summed E-state index contributed by atoms with van der Waals surface area (Å²) in [7, 11) is 0. The molecule has 0 bridgehead atoms. The minimum absolute atomic E-state index is 0.226. The second-order valence-corrected chi connectivity index (χ2v) is 6.70. The number of aliphatic carboxylic acids is 1. The standard InChI is InChI=1S/C18H21N3O2/c1-11-15-9-13-3-2-4-14(13)10-16(15)20-18(19-11)21-7-5-12(6-8-21)17(22)23/h9-10,12H,2-8H2,1H3,(H,22,23). The van der Waals surface area contributed by atoms with Gasteiger partial charge in [0.1, 0.15) is 0 Å². The zero-order valence-corrected chi connectivity index (χ0v) is 13.4. The van der Waals surface area contributed by atoms with Crippen molar-refractivity contribution in [2.75, 3.05) is 18.0 Å². The predicted molar refractivity (Wildman–Crippen MR) is 88.9 cm³/mol. The first-order valence-corrected chi connectivity index (χ1v) is 8.40. The van der Waals surface area contributed by atoms with Gasteiger partial charge in [0.15, 0.2) is 0 Å². The Kier molecular flexibility index (Phi) is 3.43. The van der Waals surface area contributed by atoms with Crippen molar-refractivity contribution in [1.82, 2.24) is 9.97 Å². The molecular formula is C18H21N3O2. The number of anilines is 1. The van der Waals surface area contributed by atoms with Crippen molar-refractivity contribution in [3.8, 4) is 0 Å². The average Bonchev–Trinajstić information content (AvgIpc) is 3.00. The quantitative estimate of drug-likeness (QED) is 0.923. The van der Waals surface area contributed by atoms with Crippen LogP contribution in [0.25, 0.3) is 10.9 Å². The minimum atomic E-state index is -0.684. The molecule has 2 heterocycles. The zero-order valence-electron chi connectivity index (χ0n) is 13.4. The molecule has 23 heavy (non-hydrogen) atoms. The maximum absolute atomic E-state index is 11.1. The molecule has 0 spiro atoms. The highest BCUT2D eigenvalue weighted by Crippen LogP contribution is 2.29. The largest absolute Gasteiger partial charge is 0.481 e. The molecule has 1 aliphatic heterocycles. The third kappa shape index (κ3) is 2.54. The molecule has 0 radical (unpaired) electrons. The molecule has 1 aromatic carbocycles. The maximum Gasteiger partial charge on any atom is 0.306 e. The number of carbonyl (C=O) groups is 1. The molecule has 1 aliphatic carbocycles. The molecule has 2 aliphatic rings. The first-order valence-electron chi connectivity index (χ1n) is 8.40. The molecule has 2 aromatic rings. The summed E-state index contributed by atoms with van der Waals surface area (Å²) in [6.07, 6.45) is 4.87. The summed E-state index contributed by atoms with van der Waals surface area (Å²) in [4.78, 5) is 22.7. The van der Waals surface area contributed by atoms with E-state index in [2.05, 4.69) is 22.0 Å². The molecule has 5 heteroatoms. The van der Waals surface area contributed by atoms with E-state index in [4.69, 9.17) is 10.1 Å². The van der Waals surface area contributed by atoms with E-state index in [0.717, 1.165) is 35.4 Å². The minimum Gasteiger partial charge on any atom is -0.481 e. The summed E-state index contributed by atoms with van der Waals surface area (Å²) in [5.74, 6) is -0.163. The van der Waals surface area contributed by atoms with Gasteiger partial charge in [-0.25, -0.2) is 9.97 Å². The number of hydrogen-bond acceptors (Lipinski definition) is 4. The van der Waals surface area contributed by atoms with Crippen LogP contribution < -0.4 is 4.90 Å². The summed E-state index contributed by atoms with van der Waals surface area (Å²) in [5, 5.41) is 10.3. The van der Waals surface area contributed by atoms with Gasteiger partial charge in [-0.15, -0.1) is 0 Å². The fourth-order valence-corrected chi connectivity index (χ4v) is 3.80. The summed E-state index contributed by atoms with van der Waals surface area (Å²) in [6.45, 7) is 3.47. The van der Waals surface area contributed by atoms with Crippen molar-refractivity contribution < 1.29 is 9.90 Å². The summed E-state index contributed by atoms with van der Waals surface area (Å²) >= 11 is 0. The highest BCUT2D eigenvalue weighted by atomic mass is 16.4. The highest BCUT2D eigenvalue weighted by Gasteiger charge is 2.26. The number of fused-ring (bicyclic) bond motifs is 2. The molecule has 4 rings (SSSR count). The zero-order chi connectivity index (χ0) is 16.0. The number of aromatic nitrogens is 2. The summed E-state index contributed by atoms with van der Waals surface area (Å²) in [5.41, 5.74) is 4.90. The number of nitrogens with zero attached hydrogens (tertiary/aromatic N) is 3. The number of carboxylic acid groups (broad SMARTS) is 1. The van der Waals surface area contributed by atoms with Crippen LogP contribution in [-0.2, 0) is 17.6 Å². The molecular weight excluding hydrogens is 290 g/mol. The fraction of sp³-hybridized carbons (Fsp3) is 0.500. The topological polar surface area (TPSA) is 66.3 Å². The van der Waals surface area contributed by atoms with Crippen LogP contribution in [0, 0.1) is 12.8 Å². The lowest BCUT2D eigenvalue weighted by molar-refractivity contribution is -0.142. The maximum atomic E-state index is 11.1. The van der Waals surface area contributed by atoms with Gasteiger partial charge in [-0.1, -0.05) is 0 Å². The Morgan fingerprint density at radius 3 is 2.57 bits per heavy atom. The number of aryl methyl sites for hydroxylation is 3. The van der Waals surface area contributed by atoms with E-state index in [1.807, 2.05) is 6.92 Å². The third-order valence-electron chi connectivity index (χ3n) is 5.22. The lowest BCUT2D eigenvalue weighted by Crippen LogP contribution is -2.37. The number of benzene rings is 1. The van der Waals surface area contributed by atoms with Gasteiger partial charge in [-0.3, -0.25) is 4.79 Å². The van der Waals surface area contributed by atoms with Crippen LogP contribution in [0.3, 0.4) is 0 Å². The number of piperidine rings is 1. The van der Waals surface area contributed by atoms with Gasteiger partial charge >= 0.3 is 5.97 Å². The van der Waals surface area contributed by atoms with Crippen LogP contribution in [0.2, 0.25) is 0 Å². The van der Waals surface area contributed by atoms with Gasteiger partial charge in [0.2, 0.25) is 5.95 Å². The Balaban J connectivity index is 1.66. The SMILES string of the molecule is Cc1nc(N2CCC(C(=O)O)CC2)nc2cc3c(cc12)CCC3. The Morgan fingerprint density at radius 1 is 1.17 bits per heavy atom. The van der Waals surface area contributed by atoms with Crippen molar-refractivity contribution in [2.45, 2.75) is 39.0 Å². The molecule has 5 nitrogen and oxygen atoms in total. The van der Waals surface area contributed by atoms with Gasteiger partial charge in [0.05, 0.1) is 17.1 Å². The summed E-state index contributed by atoms with van der Waals surface area (Å²) < 4.78 is 0. The lowest BCUT2D eigenvalue weighted by Gasteiger charge is -2.30. The monoisotopic (exact) mass is 311 g/mol. The van der Waals surface area contributed by atoms with Crippen LogP contribution in [0.5, 0.6) is 0 Å². The number of carboxylic acids is 1. The molecule has 0 atom stereocenters. The Morgan fingerprint density at radius 2 is 1.87 bits per heavy atom. The van der Waals surface area contributed by atoms with Crippen LogP contribution in [0.1, 0.15) is 36.1 Å². The lowest BCUT2D eigenvalue weighted by atomic mass is 9.97. The summed E-state index contributed by atoms with van der Waals surface area (Å²) in [6, 6.07) is 4.48. The Labute approximate surface area is 135 Å². The molecule has 0 saturated carbocycles. The second-order valence-electron chi connectivity index (χ2n) is 6.70. The average molecular weight is 311 g/mol. The van der Waals surface area contributed by atoms with Crippen LogP contribution >= 0.6 is 0 Å². The fourth-order valence-electron chi connectivity index (χ4n) is 3.80. The first kappa shape index (κ1) is 14.4. The van der Waals surface area contributed by atoms with Crippen molar-refractivity contribution in [1.29, 1.82) is 0 Å². The van der Waals surface area contributed by atoms with E-state index in [0.29, 0.717) is 25.9 Å². The molecule has 1 N–H and O–H groups in total. The van der Waals surface area contributed by atoms with Crippen LogP contribution in [0.4, 0.5) is 5.95 Å². The van der Waals surface area contributed by atoms with Crippen molar-refractivity contribution in [3.05, 3.63) is 29.0 Å². The molecule has 1 aromatic heterocycles. The van der Waals surface area contributed by atoms with Gasteiger partial charge in [0.25, 0.3) is 0 Å². The molecule has 1 saturated heterocycles. The Bertz CT molecular complexity index is 779. The molecule has 0 amide bonds. The number of rotatable bonds is 2. The normalized spacial score (nSPS) is 18.4. The van der Waals surface area contributed by atoms with E-state index in [1.54, 1.807) is 0 Å². The first-order chi connectivity index (χ1) is 11.1. The van der Waals surface area contributed by atoms with Crippen LogP contribution in [0.15, 0.2) is 12.1 Å². The van der Waals surface area contributed by atoms with Gasteiger partial charge in [-0.05, 0) is 62.3 Å². The van der Waals surface area contributed by atoms with Gasteiger partial charge in [-0.2, -0.15) is 0 Å². The van der Waals surface area contributed by atoms with E-state index in [9.17, 15) is 4.79 Å². The predicted octanol–water partition coefficient (Wildman–Crippen LogP) is 2.73. The van der Waals surface area contributed by atoms with E-state index in [1.165, 1.54) is 17.5 Å². The highest BCUT2D eigenvalue weighted by molar-refractivity contribution is 5.84. The van der Waals surface area contributed by atoms with Crippen molar-refractivity contribution >= 4 is 22.8 Å². The third-order valence-corrected chi connectivity index (χ3v) is 5.22. The number of hydrogen-bond donors (Lipinski definition) is 1. The van der Waals surface area contributed by atoms with E-state index < -0.39 is 5.97 Å². The Hall–Kier alpha value is -2.17. The smallest absolute Gasteiger partial charge is 0.306 e. The van der Waals surface area contributed by atoms with Gasteiger partial charge in [0, 0.05) is 18.5 Å². The van der Waals surface area contributed by atoms with E-state index in [-0.39, 0.29) is 5.92 Å². The van der Waals surface area contributed by atoms with Crippen LogP contribution in [-0.4, -0.2) is 34.1 Å². The van der Waals surface area contributed by atoms with Crippen molar-refractivity contribution in [3.63, 3.8) is 0 Å². The van der Waals surface area contributed by atoms with E-state index >= 15 is 0 Å². The second kappa shape index (κ2) is 5.48. The molecule has 0 unspecified atom stereocenters. The molecule has 1 fully saturated rings.